The van der Waals surface area contributed by atoms with Crippen molar-refractivity contribution >= 4 is 19.6 Å². The maximum Gasteiger partial charge on any atom is 0.472 e. The first-order chi connectivity index (χ1) is 19.1. The summed E-state index contributed by atoms with van der Waals surface area (Å²) in [5.74, 6) is -1.25. The highest BCUT2D eigenvalue weighted by atomic mass is 31.2. The summed E-state index contributed by atoms with van der Waals surface area (Å²) in [6.45, 7) is 13.1. The van der Waals surface area contributed by atoms with Gasteiger partial charge in [-0.1, -0.05) is 34.1 Å². The van der Waals surface area contributed by atoms with Gasteiger partial charge in [-0.05, 0) is 49.9 Å². The van der Waals surface area contributed by atoms with E-state index in [-0.39, 0.29) is 30.3 Å². The molecule has 244 valence electrons. The topological polar surface area (TPSA) is 138 Å². The summed E-state index contributed by atoms with van der Waals surface area (Å²) < 4.78 is 41.9. The quantitative estimate of drug-likeness (QED) is 0.188. The van der Waals surface area contributed by atoms with Crippen molar-refractivity contribution in [2.24, 2.45) is 22.7 Å². The maximum absolute atomic E-state index is 14.0. The van der Waals surface area contributed by atoms with Gasteiger partial charge in [0.05, 0.1) is 52.0 Å². The van der Waals surface area contributed by atoms with E-state index in [0.29, 0.717) is 23.9 Å². The highest BCUT2D eigenvalue weighted by molar-refractivity contribution is 7.47. The number of ether oxygens (including phenoxy) is 3. The molecule has 0 aromatic rings. The predicted octanol–water partition coefficient (Wildman–Crippen LogP) is 3.88. The van der Waals surface area contributed by atoms with Crippen molar-refractivity contribution < 1.29 is 51.9 Å². The van der Waals surface area contributed by atoms with Crippen LogP contribution in [0, 0.1) is 22.7 Å². The normalized spacial score (nSPS) is 38.6. The SMILES string of the molecule is CC[C@@]1(C)CC(=O)C2[C@@]3(C)CCCC(C)(C)C3[C@H](O)[C@H](OCC(COP(=O)(O)OCC[N+](C)(C)C)OC(C)=O)[C@@]2(C)O1. The van der Waals surface area contributed by atoms with E-state index >= 15 is 0 Å². The lowest BCUT2D eigenvalue weighted by molar-refractivity contribution is -0.870. The minimum atomic E-state index is -4.43. The van der Waals surface area contributed by atoms with Gasteiger partial charge in [-0.3, -0.25) is 18.6 Å². The average Bonchev–Trinajstić information content (AvgIpc) is 2.79. The number of aliphatic hydroxyl groups is 1. The highest BCUT2D eigenvalue weighted by Gasteiger charge is 2.71. The lowest BCUT2D eigenvalue weighted by Crippen LogP contribution is -2.75. The maximum atomic E-state index is 14.0. The molecule has 2 saturated carbocycles. The number of hydrogen-bond donors (Lipinski definition) is 2. The van der Waals surface area contributed by atoms with Crippen LogP contribution in [0.4, 0.5) is 0 Å². The molecule has 1 aliphatic heterocycles. The molecule has 1 heterocycles. The standard InChI is InChI=1S/C30H54NO10P/c1-11-28(5)17-22(33)24-29(6)14-12-13-27(3,4)25(29)23(34)26(30(24,7)41-28)37-18-21(40-20(2)32)19-39-42(35,36)38-16-15-31(8,9)10/h21,23-26,34H,11-19H2,1-10H3/p+1/t21?,23-,24?,25?,26-,28-,29+,30-/m0/s1. The zero-order valence-electron chi connectivity index (χ0n) is 27.3. The number of esters is 1. The van der Waals surface area contributed by atoms with E-state index in [0.717, 1.165) is 19.3 Å². The van der Waals surface area contributed by atoms with E-state index in [1.807, 2.05) is 41.9 Å². The van der Waals surface area contributed by atoms with Gasteiger partial charge in [-0.2, -0.15) is 0 Å². The Bertz CT molecular complexity index is 1050. The first-order valence-electron chi connectivity index (χ1n) is 15.2. The van der Waals surface area contributed by atoms with Crippen molar-refractivity contribution in [3.63, 3.8) is 0 Å². The van der Waals surface area contributed by atoms with E-state index < -0.39 is 61.2 Å². The van der Waals surface area contributed by atoms with Crippen LogP contribution in [0.15, 0.2) is 0 Å². The number of phosphoric acid groups is 1. The first-order valence-corrected chi connectivity index (χ1v) is 16.7. The number of Topliss-reactive ketones (excluding diaryl/α,β-unsaturated/α-hetero) is 1. The van der Waals surface area contributed by atoms with Gasteiger partial charge < -0.3 is 28.7 Å². The van der Waals surface area contributed by atoms with Crippen molar-refractivity contribution in [1.82, 2.24) is 0 Å². The summed E-state index contributed by atoms with van der Waals surface area (Å²) in [7, 11) is 1.35. The van der Waals surface area contributed by atoms with E-state index in [9.17, 15) is 24.2 Å². The van der Waals surface area contributed by atoms with E-state index in [1.165, 1.54) is 6.92 Å². The van der Waals surface area contributed by atoms with Gasteiger partial charge in [0.1, 0.15) is 36.7 Å². The van der Waals surface area contributed by atoms with Crippen molar-refractivity contribution in [2.75, 3.05) is 47.5 Å². The fourth-order valence-electron chi connectivity index (χ4n) is 8.15. The van der Waals surface area contributed by atoms with Crippen LogP contribution in [0.5, 0.6) is 0 Å². The smallest absolute Gasteiger partial charge is 0.458 e. The Balaban J connectivity index is 1.87. The minimum Gasteiger partial charge on any atom is -0.458 e. The molecular formula is C30H55NO10P+. The molecule has 2 aliphatic carbocycles. The Morgan fingerprint density at radius 1 is 1.12 bits per heavy atom. The first kappa shape index (κ1) is 35.6. The summed E-state index contributed by atoms with van der Waals surface area (Å²) in [6, 6.07) is 0. The van der Waals surface area contributed by atoms with Crippen LogP contribution in [0.1, 0.15) is 80.6 Å². The third-order valence-corrected chi connectivity index (χ3v) is 10.8. The Kier molecular flexibility index (Phi) is 10.6. The average molecular weight is 621 g/mol. The summed E-state index contributed by atoms with van der Waals surface area (Å²) >= 11 is 0. The van der Waals surface area contributed by atoms with Crippen LogP contribution in [0.2, 0.25) is 0 Å². The zero-order chi connectivity index (χ0) is 31.9. The monoisotopic (exact) mass is 620 g/mol. The van der Waals surface area contributed by atoms with E-state index in [2.05, 4.69) is 20.8 Å². The summed E-state index contributed by atoms with van der Waals surface area (Å²) in [5.41, 5.74) is -2.62. The third kappa shape index (κ3) is 7.65. The molecule has 0 bridgehead atoms. The second kappa shape index (κ2) is 12.5. The molecule has 42 heavy (non-hydrogen) atoms. The van der Waals surface area contributed by atoms with Crippen molar-refractivity contribution in [1.29, 1.82) is 0 Å². The van der Waals surface area contributed by atoms with Crippen molar-refractivity contribution in [3.8, 4) is 0 Å². The van der Waals surface area contributed by atoms with Crippen LogP contribution in [-0.2, 0) is 37.4 Å². The van der Waals surface area contributed by atoms with Crippen molar-refractivity contribution in [2.45, 2.75) is 110 Å². The molecule has 0 aromatic carbocycles. The van der Waals surface area contributed by atoms with Crippen LogP contribution in [0.3, 0.4) is 0 Å². The number of phosphoric ester groups is 1. The largest absolute Gasteiger partial charge is 0.472 e. The zero-order valence-corrected chi connectivity index (χ0v) is 28.2. The molecular weight excluding hydrogens is 565 g/mol. The van der Waals surface area contributed by atoms with Crippen molar-refractivity contribution in [3.05, 3.63) is 0 Å². The number of nitrogens with zero attached hydrogens (tertiary/aromatic N) is 1. The lowest BCUT2D eigenvalue weighted by atomic mass is 9.42. The van der Waals surface area contributed by atoms with Crippen LogP contribution >= 0.6 is 7.82 Å². The molecule has 3 rings (SSSR count). The number of carbonyl (C=O) groups excluding carboxylic acids is 2. The molecule has 11 nitrogen and oxygen atoms in total. The molecule has 0 spiro atoms. The molecule has 2 N–H and O–H groups in total. The third-order valence-electron chi connectivity index (χ3n) is 9.86. The molecule has 9 atom stereocenters. The molecule has 1 saturated heterocycles. The molecule has 3 aliphatic rings. The minimum absolute atomic E-state index is 0.00246. The van der Waals surface area contributed by atoms with Crippen LogP contribution in [-0.4, -0.2) is 103 Å². The molecule has 3 fully saturated rings. The Hall–Kier alpha value is -0.910. The summed E-state index contributed by atoms with van der Waals surface area (Å²) in [4.78, 5) is 36.1. The van der Waals surface area contributed by atoms with Gasteiger partial charge in [0.25, 0.3) is 0 Å². The molecule has 0 aromatic heterocycles. The van der Waals surface area contributed by atoms with Gasteiger partial charge in [0, 0.05) is 13.3 Å². The number of hydrogen-bond acceptors (Lipinski definition) is 9. The summed E-state index contributed by atoms with van der Waals surface area (Å²) in [5, 5.41) is 12.1. The second-order valence-electron chi connectivity index (χ2n) is 15.1. The lowest BCUT2D eigenvalue weighted by Gasteiger charge is -2.67. The number of fused-ring (bicyclic) bond motifs is 3. The molecule has 4 unspecified atom stereocenters. The Morgan fingerprint density at radius 2 is 1.76 bits per heavy atom. The van der Waals surface area contributed by atoms with Gasteiger partial charge >= 0.3 is 13.8 Å². The number of rotatable bonds is 12. The molecule has 0 amide bonds. The van der Waals surface area contributed by atoms with Gasteiger partial charge in [-0.15, -0.1) is 0 Å². The number of aliphatic hydroxyl groups excluding tert-OH is 1. The number of carbonyl (C=O) groups is 2. The van der Waals surface area contributed by atoms with E-state index in [1.54, 1.807) is 0 Å². The second-order valence-corrected chi connectivity index (χ2v) is 16.5. The fourth-order valence-corrected chi connectivity index (χ4v) is 8.89. The Morgan fingerprint density at radius 3 is 2.33 bits per heavy atom. The van der Waals surface area contributed by atoms with Gasteiger partial charge in [0.15, 0.2) is 0 Å². The van der Waals surface area contributed by atoms with Crippen LogP contribution in [0.25, 0.3) is 0 Å². The summed E-state index contributed by atoms with van der Waals surface area (Å²) in [6.07, 6.45) is 0.599. The number of quaternary nitrogens is 1. The fraction of sp³-hybridized carbons (Fsp3) is 0.933. The highest BCUT2D eigenvalue weighted by Crippen LogP contribution is 2.65. The predicted molar refractivity (Wildman–Crippen MR) is 156 cm³/mol. The van der Waals surface area contributed by atoms with Gasteiger partial charge in [0.2, 0.25) is 0 Å². The Labute approximate surface area is 251 Å². The van der Waals surface area contributed by atoms with E-state index in [4.69, 9.17) is 23.3 Å². The molecule has 0 radical (unpaired) electrons. The number of likely N-dealkylation sites (N-methyl/N-ethyl adjacent to an activating group) is 1. The molecule has 12 heteroatoms. The van der Waals surface area contributed by atoms with Gasteiger partial charge in [-0.25, -0.2) is 4.57 Å². The number of ketones is 1. The van der Waals surface area contributed by atoms with Crippen LogP contribution < -0.4 is 0 Å².